The molecule has 3 aromatic carbocycles. The number of carbonyl (C=O) groups is 1. The highest BCUT2D eigenvalue weighted by atomic mass is 35.5. The van der Waals surface area contributed by atoms with E-state index in [4.69, 9.17) is 27.9 Å². The highest BCUT2D eigenvalue weighted by Crippen LogP contribution is 2.39. The Bertz CT molecular complexity index is 1230. The second-order valence-electron chi connectivity index (χ2n) is 6.82. The average molecular weight is 453 g/mol. The molecule has 0 unspecified atom stereocenters. The minimum Gasteiger partial charge on any atom is -0.505 e. The molecule has 5 nitrogen and oxygen atoms in total. The van der Waals surface area contributed by atoms with E-state index in [0.717, 1.165) is 0 Å². The molecule has 0 spiro atoms. The van der Waals surface area contributed by atoms with Gasteiger partial charge in [0.1, 0.15) is 17.0 Å². The molecular weight excluding hydrogens is 435 g/mol. The Morgan fingerprint density at radius 3 is 2.48 bits per heavy atom. The monoisotopic (exact) mass is 452 g/mol. The van der Waals surface area contributed by atoms with E-state index in [1.165, 1.54) is 0 Å². The van der Waals surface area contributed by atoms with Crippen LogP contribution < -0.4 is 10.1 Å². The van der Waals surface area contributed by atoms with E-state index in [9.17, 15) is 9.90 Å². The molecule has 7 heteroatoms. The maximum atomic E-state index is 12.7. The molecule has 0 saturated heterocycles. The third-order valence-electron chi connectivity index (χ3n) is 4.79. The van der Waals surface area contributed by atoms with Gasteiger partial charge in [-0.25, -0.2) is 0 Å². The van der Waals surface area contributed by atoms with Gasteiger partial charge in [0, 0.05) is 22.2 Å². The lowest BCUT2D eigenvalue weighted by atomic mass is 9.96. The fourth-order valence-electron chi connectivity index (χ4n) is 3.33. The molecule has 0 saturated carbocycles. The fourth-order valence-corrected chi connectivity index (χ4v) is 3.84. The summed E-state index contributed by atoms with van der Waals surface area (Å²) < 4.78 is 5.55. The number of nitrogens with zero attached hydrogens (tertiary/aromatic N) is 1. The Morgan fingerprint density at radius 2 is 1.71 bits per heavy atom. The van der Waals surface area contributed by atoms with Gasteiger partial charge in [-0.05, 0) is 42.0 Å². The number of amides is 1. The van der Waals surface area contributed by atoms with Crippen LogP contribution in [0.3, 0.4) is 0 Å². The second-order valence-corrected chi connectivity index (χ2v) is 7.63. The molecule has 0 bridgehead atoms. The van der Waals surface area contributed by atoms with Crippen LogP contribution in [0.15, 0.2) is 79.0 Å². The first-order chi connectivity index (χ1) is 15.0. The molecule has 4 aromatic rings. The van der Waals surface area contributed by atoms with Crippen molar-refractivity contribution in [3.63, 3.8) is 0 Å². The predicted molar refractivity (Wildman–Crippen MR) is 122 cm³/mol. The number of fused-ring (bicyclic) bond motifs is 1. The first-order valence-electron chi connectivity index (χ1n) is 9.52. The SMILES string of the molecule is O=C(COc1ccccc1)N[C@@H](c1ccccc1Cl)c1cc(Cl)c2cccnc2c1O. The Balaban J connectivity index is 1.71. The number of aromatic nitrogens is 1. The summed E-state index contributed by atoms with van der Waals surface area (Å²) in [5.74, 6) is 0.118. The zero-order chi connectivity index (χ0) is 21.8. The van der Waals surface area contributed by atoms with E-state index in [-0.39, 0.29) is 18.3 Å². The van der Waals surface area contributed by atoms with Crippen molar-refractivity contribution in [1.82, 2.24) is 10.3 Å². The van der Waals surface area contributed by atoms with Crippen molar-refractivity contribution in [2.75, 3.05) is 6.61 Å². The topological polar surface area (TPSA) is 71.5 Å². The molecule has 0 radical (unpaired) electrons. The van der Waals surface area contributed by atoms with E-state index in [1.807, 2.05) is 18.2 Å². The third kappa shape index (κ3) is 4.58. The second kappa shape index (κ2) is 9.25. The lowest BCUT2D eigenvalue weighted by Crippen LogP contribution is -2.33. The Kier molecular flexibility index (Phi) is 6.26. The van der Waals surface area contributed by atoms with Gasteiger partial charge in [-0.3, -0.25) is 9.78 Å². The van der Waals surface area contributed by atoms with Gasteiger partial charge in [0.05, 0.1) is 11.1 Å². The van der Waals surface area contributed by atoms with Crippen molar-refractivity contribution < 1.29 is 14.6 Å². The number of rotatable bonds is 6. The molecule has 1 amide bonds. The van der Waals surface area contributed by atoms with Crippen LogP contribution in [0, 0.1) is 0 Å². The Hall–Kier alpha value is -3.28. The van der Waals surface area contributed by atoms with Crippen molar-refractivity contribution in [2.45, 2.75) is 6.04 Å². The van der Waals surface area contributed by atoms with Crippen LogP contribution in [0.4, 0.5) is 0 Å². The van der Waals surface area contributed by atoms with Gasteiger partial charge in [0.15, 0.2) is 6.61 Å². The zero-order valence-corrected chi connectivity index (χ0v) is 17.8. The van der Waals surface area contributed by atoms with Crippen LogP contribution in [-0.4, -0.2) is 22.6 Å². The van der Waals surface area contributed by atoms with Crippen molar-refractivity contribution in [2.24, 2.45) is 0 Å². The molecule has 31 heavy (non-hydrogen) atoms. The van der Waals surface area contributed by atoms with Crippen LogP contribution in [-0.2, 0) is 4.79 Å². The number of benzene rings is 3. The van der Waals surface area contributed by atoms with E-state index >= 15 is 0 Å². The summed E-state index contributed by atoms with van der Waals surface area (Å²) in [5, 5.41) is 15.3. The van der Waals surface area contributed by atoms with Gasteiger partial charge in [0.25, 0.3) is 5.91 Å². The molecule has 0 fully saturated rings. The molecule has 0 aliphatic carbocycles. The van der Waals surface area contributed by atoms with Gasteiger partial charge in [0.2, 0.25) is 0 Å². The number of ether oxygens (including phenoxy) is 1. The number of aromatic hydroxyl groups is 1. The van der Waals surface area contributed by atoms with Crippen LogP contribution in [0.2, 0.25) is 10.0 Å². The van der Waals surface area contributed by atoms with Gasteiger partial charge in [-0.15, -0.1) is 0 Å². The molecule has 0 aliphatic heterocycles. The summed E-state index contributed by atoms with van der Waals surface area (Å²) in [6, 6.07) is 20.5. The first-order valence-corrected chi connectivity index (χ1v) is 10.3. The van der Waals surface area contributed by atoms with Gasteiger partial charge >= 0.3 is 0 Å². The molecule has 156 valence electrons. The quantitative estimate of drug-likeness (QED) is 0.403. The summed E-state index contributed by atoms with van der Waals surface area (Å²) >= 11 is 12.9. The number of pyridine rings is 1. The molecule has 1 heterocycles. The maximum Gasteiger partial charge on any atom is 0.258 e. The van der Waals surface area contributed by atoms with Crippen molar-refractivity contribution in [1.29, 1.82) is 0 Å². The van der Waals surface area contributed by atoms with E-state index in [0.29, 0.717) is 37.8 Å². The molecule has 2 N–H and O–H groups in total. The molecule has 4 rings (SSSR count). The van der Waals surface area contributed by atoms with Crippen LogP contribution in [0.1, 0.15) is 17.2 Å². The average Bonchev–Trinajstić information content (AvgIpc) is 2.80. The van der Waals surface area contributed by atoms with Crippen LogP contribution in [0.5, 0.6) is 11.5 Å². The largest absolute Gasteiger partial charge is 0.505 e. The number of nitrogens with one attached hydrogen (secondary N) is 1. The van der Waals surface area contributed by atoms with Crippen molar-refractivity contribution in [3.8, 4) is 11.5 Å². The van der Waals surface area contributed by atoms with Crippen molar-refractivity contribution >= 4 is 40.0 Å². The standard InChI is InChI=1S/C24H18Cl2N2O3/c25-19-11-5-4-9-16(19)22(28-21(29)14-31-15-7-2-1-3-8-15)18-13-20(26)17-10-6-12-27-23(17)24(18)30/h1-13,22,30H,14H2,(H,28,29)/t22-/m0/s1. The lowest BCUT2D eigenvalue weighted by molar-refractivity contribution is -0.123. The number of phenols is 1. The van der Waals surface area contributed by atoms with E-state index in [2.05, 4.69) is 10.3 Å². The Labute approximate surface area is 189 Å². The van der Waals surface area contributed by atoms with E-state index in [1.54, 1.807) is 60.8 Å². The minimum absolute atomic E-state index is 0.0748. The van der Waals surface area contributed by atoms with Crippen LogP contribution >= 0.6 is 23.2 Å². The highest BCUT2D eigenvalue weighted by Gasteiger charge is 2.25. The molecule has 0 aliphatic rings. The van der Waals surface area contributed by atoms with E-state index < -0.39 is 6.04 Å². The van der Waals surface area contributed by atoms with Crippen LogP contribution in [0.25, 0.3) is 10.9 Å². The first kappa shape index (κ1) is 21.0. The summed E-state index contributed by atoms with van der Waals surface area (Å²) in [4.78, 5) is 17.0. The number of hydrogen-bond donors (Lipinski definition) is 2. The van der Waals surface area contributed by atoms with Gasteiger partial charge < -0.3 is 15.2 Å². The number of carbonyl (C=O) groups excluding carboxylic acids is 1. The fraction of sp³-hybridized carbons (Fsp3) is 0.0833. The third-order valence-corrected chi connectivity index (χ3v) is 5.45. The number of hydrogen-bond acceptors (Lipinski definition) is 4. The number of para-hydroxylation sites is 1. The minimum atomic E-state index is -0.760. The summed E-state index contributed by atoms with van der Waals surface area (Å²) in [6.07, 6.45) is 1.57. The zero-order valence-electron chi connectivity index (χ0n) is 16.3. The Morgan fingerprint density at radius 1 is 0.968 bits per heavy atom. The summed E-state index contributed by atoms with van der Waals surface area (Å²) in [7, 11) is 0. The normalized spacial score (nSPS) is 11.8. The number of halogens is 2. The van der Waals surface area contributed by atoms with Gasteiger partial charge in [-0.1, -0.05) is 59.6 Å². The van der Waals surface area contributed by atoms with Gasteiger partial charge in [-0.2, -0.15) is 0 Å². The smallest absolute Gasteiger partial charge is 0.258 e. The molecule has 1 aromatic heterocycles. The lowest BCUT2D eigenvalue weighted by Gasteiger charge is -2.23. The molecular formula is C24H18Cl2N2O3. The van der Waals surface area contributed by atoms with Crippen molar-refractivity contribution in [3.05, 3.63) is 100 Å². The molecule has 1 atom stereocenters. The number of phenolic OH excluding ortho intramolecular Hbond substituents is 1. The maximum absolute atomic E-state index is 12.7. The summed E-state index contributed by atoms with van der Waals surface area (Å²) in [6.45, 7) is -0.203. The summed E-state index contributed by atoms with van der Waals surface area (Å²) in [5.41, 5.74) is 1.34. The predicted octanol–water partition coefficient (Wildman–Crippen LogP) is 5.53. The highest BCUT2D eigenvalue weighted by molar-refractivity contribution is 6.35.